The number of hydrogen-bond donors (Lipinski definition) is 2. The molecule has 1 fully saturated rings. The third-order valence-corrected chi connectivity index (χ3v) is 10.3. The number of ether oxygens (including phenoxy) is 2. The molecule has 2 N–H and O–H groups in total. The summed E-state index contributed by atoms with van der Waals surface area (Å²) >= 11 is 1.07. The van der Waals surface area contributed by atoms with Crippen molar-refractivity contribution in [2.24, 2.45) is 0 Å². The lowest BCUT2D eigenvalue weighted by atomic mass is 10.00. The van der Waals surface area contributed by atoms with Crippen LogP contribution in [0.25, 0.3) is 31.9 Å². The van der Waals surface area contributed by atoms with Gasteiger partial charge in [0.2, 0.25) is 11.8 Å². The molecule has 2 aliphatic heterocycles. The number of pyridine rings is 1. The van der Waals surface area contributed by atoms with Gasteiger partial charge in [-0.1, -0.05) is 12.1 Å². The summed E-state index contributed by atoms with van der Waals surface area (Å²) < 4.78 is 54.9. The van der Waals surface area contributed by atoms with Crippen LogP contribution in [0.15, 0.2) is 72.9 Å². The molecule has 3 aromatic carbocycles. The van der Waals surface area contributed by atoms with Gasteiger partial charge in [-0.3, -0.25) is 24.5 Å². The quantitative estimate of drug-likeness (QED) is 0.121. The number of imide groups is 1. The number of carbonyl (C=O) groups is 4. The van der Waals surface area contributed by atoms with Crippen molar-refractivity contribution in [3.63, 3.8) is 0 Å². The zero-order chi connectivity index (χ0) is 38.9. The van der Waals surface area contributed by atoms with Crippen LogP contribution in [0.3, 0.4) is 0 Å². The number of nitrogens with one attached hydrogen (secondary N) is 2. The molecule has 55 heavy (non-hydrogen) atoms. The minimum atomic E-state index is -4.63. The van der Waals surface area contributed by atoms with E-state index < -0.39 is 23.7 Å². The van der Waals surface area contributed by atoms with Crippen molar-refractivity contribution >= 4 is 51.0 Å². The standard InChI is InChI=1S/C39H35F3N6O6S/c1-47(2)33-11-5-24(20-44-33)22-3-7-28(29(18-22)39(40,41)42)37-45-30-9-4-23(19-32(30)55-37)35(50)43-13-14-53-15-16-54-26-6-8-27-25(17-26)21-48(38(27)52)31-10-12-34(49)46-36(31)51/h3-9,11,17-20,31H,10,12-16,21H2,1-2H3,(H,43,50)(H,46,49,51). The maximum absolute atomic E-state index is 14.3. The Morgan fingerprint density at radius 2 is 1.78 bits per heavy atom. The molecule has 2 aliphatic rings. The van der Waals surface area contributed by atoms with Crippen molar-refractivity contribution < 1.29 is 41.8 Å². The van der Waals surface area contributed by atoms with Gasteiger partial charge in [-0.05, 0) is 72.1 Å². The first-order valence-electron chi connectivity index (χ1n) is 17.4. The molecule has 4 heterocycles. The van der Waals surface area contributed by atoms with Gasteiger partial charge in [0.05, 0.1) is 29.0 Å². The number of aromatic nitrogens is 2. The summed E-state index contributed by atoms with van der Waals surface area (Å²) in [6.45, 7) is 1.08. The van der Waals surface area contributed by atoms with Gasteiger partial charge in [-0.25, -0.2) is 9.97 Å². The number of nitrogens with zero attached hydrogens (tertiary/aromatic N) is 4. The summed E-state index contributed by atoms with van der Waals surface area (Å²) in [5.41, 5.74) is 2.09. The van der Waals surface area contributed by atoms with E-state index in [0.29, 0.717) is 44.0 Å². The van der Waals surface area contributed by atoms with E-state index in [1.165, 1.54) is 11.0 Å². The van der Waals surface area contributed by atoms with Crippen molar-refractivity contribution in [3.8, 4) is 27.4 Å². The van der Waals surface area contributed by atoms with E-state index in [-0.39, 0.29) is 74.0 Å². The Hall–Kier alpha value is -5.87. The SMILES string of the molecule is CN(C)c1ccc(-c2ccc(-c3nc4ccc(C(=O)NCCOCCOc5ccc6c(c5)CN(C5CCC(=O)NC5=O)C6=O)cc4s3)c(C(F)(F)F)c2)cn1. The monoisotopic (exact) mass is 772 g/mol. The predicted molar refractivity (Wildman–Crippen MR) is 199 cm³/mol. The zero-order valence-corrected chi connectivity index (χ0v) is 30.6. The summed E-state index contributed by atoms with van der Waals surface area (Å²) in [6.07, 6.45) is -2.63. The number of benzene rings is 3. The van der Waals surface area contributed by atoms with Crippen molar-refractivity contribution in [3.05, 3.63) is 95.2 Å². The van der Waals surface area contributed by atoms with Gasteiger partial charge in [0, 0.05) is 62.1 Å². The lowest BCUT2D eigenvalue weighted by molar-refractivity contribution is -0.138. The van der Waals surface area contributed by atoms with Crippen LogP contribution in [0.1, 0.15) is 44.7 Å². The molecule has 4 amide bonds. The first-order valence-corrected chi connectivity index (χ1v) is 18.2. The van der Waals surface area contributed by atoms with Crippen LogP contribution < -0.4 is 20.3 Å². The highest BCUT2D eigenvalue weighted by molar-refractivity contribution is 7.21. The number of thiazole rings is 1. The highest BCUT2D eigenvalue weighted by atomic mass is 32.1. The predicted octanol–water partition coefficient (Wildman–Crippen LogP) is 5.70. The topological polar surface area (TPSA) is 143 Å². The van der Waals surface area contributed by atoms with E-state index in [0.717, 1.165) is 23.0 Å². The van der Waals surface area contributed by atoms with Gasteiger partial charge in [0.1, 0.15) is 29.2 Å². The molecule has 16 heteroatoms. The van der Waals surface area contributed by atoms with E-state index in [1.54, 1.807) is 65.7 Å². The highest BCUT2D eigenvalue weighted by Crippen LogP contribution is 2.42. The summed E-state index contributed by atoms with van der Waals surface area (Å²) in [6, 6.07) is 16.8. The number of fused-ring (bicyclic) bond motifs is 2. The first kappa shape index (κ1) is 37.4. The Kier molecular flexibility index (Phi) is 10.5. The Morgan fingerprint density at radius 1 is 0.982 bits per heavy atom. The second-order valence-electron chi connectivity index (χ2n) is 13.2. The summed E-state index contributed by atoms with van der Waals surface area (Å²) in [7, 11) is 3.66. The zero-order valence-electron chi connectivity index (χ0n) is 29.7. The molecule has 2 aromatic heterocycles. The molecule has 284 valence electrons. The maximum Gasteiger partial charge on any atom is 0.417 e. The number of carbonyl (C=O) groups excluding carboxylic acids is 4. The van der Waals surface area contributed by atoms with Gasteiger partial charge in [-0.2, -0.15) is 13.2 Å². The van der Waals surface area contributed by atoms with Crippen LogP contribution >= 0.6 is 11.3 Å². The highest BCUT2D eigenvalue weighted by Gasteiger charge is 2.39. The molecular formula is C39H35F3N6O6S. The molecule has 0 bridgehead atoms. The van der Waals surface area contributed by atoms with Gasteiger partial charge in [-0.15, -0.1) is 11.3 Å². The molecule has 0 aliphatic carbocycles. The minimum Gasteiger partial charge on any atom is -0.491 e. The van der Waals surface area contributed by atoms with Crippen LogP contribution in [0, 0.1) is 0 Å². The van der Waals surface area contributed by atoms with Crippen molar-refractivity contribution in [2.75, 3.05) is 45.4 Å². The second kappa shape index (κ2) is 15.5. The molecule has 5 aromatic rings. The van der Waals surface area contributed by atoms with E-state index in [2.05, 4.69) is 20.6 Å². The smallest absolute Gasteiger partial charge is 0.417 e. The maximum atomic E-state index is 14.3. The average molecular weight is 773 g/mol. The normalized spacial score (nSPS) is 15.6. The van der Waals surface area contributed by atoms with Gasteiger partial charge >= 0.3 is 6.18 Å². The van der Waals surface area contributed by atoms with Crippen LogP contribution in [0.4, 0.5) is 19.0 Å². The molecule has 1 atom stereocenters. The van der Waals surface area contributed by atoms with Crippen LogP contribution in [-0.4, -0.2) is 85.0 Å². The number of rotatable bonds is 12. The lowest BCUT2D eigenvalue weighted by Crippen LogP contribution is -2.52. The minimum absolute atomic E-state index is 0.0508. The molecule has 1 unspecified atom stereocenters. The number of piperidine rings is 1. The van der Waals surface area contributed by atoms with Crippen LogP contribution in [0.2, 0.25) is 0 Å². The molecular weight excluding hydrogens is 738 g/mol. The number of anilines is 1. The van der Waals surface area contributed by atoms with E-state index in [9.17, 15) is 32.3 Å². The van der Waals surface area contributed by atoms with E-state index in [4.69, 9.17) is 9.47 Å². The number of amides is 4. The summed E-state index contributed by atoms with van der Waals surface area (Å²) in [4.78, 5) is 61.6. The van der Waals surface area contributed by atoms with E-state index in [1.807, 2.05) is 14.1 Å². The largest absolute Gasteiger partial charge is 0.491 e. The van der Waals surface area contributed by atoms with Gasteiger partial charge in [0.25, 0.3) is 11.8 Å². The fraction of sp³-hybridized carbons (Fsp3) is 0.282. The number of hydrogen-bond acceptors (Lipinski definition) is 10. The third-order valence-electron chi connectivity index (χ3n) is 9.27. The molecule has 7 rings (SSSR count). The van der Waals surface area contributed by atoms with Crippen molar-refractivity contribution in [2.45, 2.75) is 31.6 Å². The van der Waals surface area contributed by atoms with E-state index >= 15 is 0 Å². The number of alkyl halides is 3. The fourth-order valence-corrected chi connectivity index (χ4v) is 7.49. The van der Waals surface area contributed by atoms with Crippen molar-refractivity contribution in [1.29, 1.82) is 0 Å². The first-order chi connectivity index (χ1) is 26.4. The summed E-state index contributed by atoms with van der Waals surface area (Å²) in [5.74, 6) is -0.227. The Bertz CT molecular complexity index is 2290. The molecule has 1 saturated heterocycles. The molecule has 0 saturated carbocycles. The molecule has 0 radical (unpaired) electrons. The lowest BCUT2D eigenvalue weighted by Gasteiger charge is -2.29. The van der Waals surface area contributed by atoms with Gasteiger partial charge in [0.15, 0.2) is 0 Å². The third kappa shape index (κ3) is 8.15. The van der Waals surface area contributed by atoms with Crippen molar-refractivity contribution in [1.82, 2.24) is 25.5 Å². The number of halogens is 3. The Morgan fingerprint density at radius 3 is 2.53 bits per heavy atom. The van der Waals surface area contributed by atoms with Gasteiger partial charge < -0.3 is 24.6 Å². The average Bonchev–Trinajstić information content (AvgIpc) is 3.74. The van der Waals surface area contributed by atoms with Crippen LogP contribution in [-0.2, 0) is 27.0 Å². The fourth-order valence-electron chi connectivity index (χ4n) is 6.45. The summed E-state index contributed by atoms with van der Waals surface area (Å²) in [5, 5.41) is 5.25. The molecule has 12 nitrogen and oxygen atoms in total. The Labute approximate surface area is 317 Å². The molecule has 0 spiro atoms. The Balaban J connectivity index is 0.900. The van der Waals surface area contributed by atoms with Crippen LogP contribution in [0.5, 0.6) is 5.75 Å². The second-order valence-corrected chi connectivity index (χ2v) is 14.2.